The average Bonchev–Trinajstić information content (AvgIpc) is 2.55. The fourth-order valence-electron chi connectivity index (χ4n) is 2.48. The van der Waals surface area contributed by atoms with Gasteiger partial charge < -0.3 is 19.7 Å². The smallest absolute Gasteiger partial charge is 0.310 e. The van der Waals surface area contributed by atoms with Gasteiger partial charge in [-0.1, -0.05) is 6.92 Å². The van der Waals surface area contributed by atoms with E-state index in [1.807, 2.05) is 11.8 Å². The Morgan fingerprint density at radius 3 is 2.77 bits per heavy atom. The van der Waals surface area contributed by atoms with Gasteiger partial charge >= 0.3 is 11.9 Å². The fraction of sp³-hybridized carbons (Fsp3) is 0.800. The summed E-state index contributed by atoms with van der Waals surface area (Å²) < 4.78 is 9.81. The van der Waals surface area contributed by atoms with Crippen LogP contribution in [0.5, 0.6) is 0 Å². The SMILES string of the molecule is CCOC(=O)C1CCCN(C(=NC)NCC(C)C(=O)OC)C1. The minimum absolute atomic E-state index is 0.120. The molecule has 0 bridgehead atoms. The lowest BCUT2D eigenvalue weighted by atomic mass is 9.98. The molecule has 0 aliphatic carbocycles. The molecule has 22 heavy (non-hydrogen) atoms. The zero-order valence-corrected chi connectivity index (χ0v) is 13.9. The maximum Gasteiger partial charge on any atom is 0.310 e. The quantitative estimate of drug-likeness (QED) is 0.456. The van der Waals surface area contributed by atoms with Gasteiger partial charge in [0.2, 0.25) is 0 Å². The van der Waals surface area contributed by atoms with Crippen molar-refractivity contribution >= 4 is 17.9 Å². The highest BCUT2D eigenvalue weighted by Crippen LogP contribution is 2.18. The summed E-state index contributed by atoms with van der Waals surface area (Å²) in [6.45, 7) is 5.88. The van der Waals surface area contributed by atoms with Crippen molar-refractivity contribution in [2.75, 3.05) is 40.4 Å². The van der Waals surface area contributed by atoms with E-state index < -0.39 is 0 Å². The van der Waals surface area contributed by atoms with Gasteiger partial charge in [0, 0.05) is 26.7 Å². The summed E-state index contributed by atoms with van der Waals surface area (Å²) in [6.07, 6.45) is 1.75. The first-order valence-corrected chi connectivity index (χ1v) is 7.73. The molecule has 1 rings (SSSR count). The van der Waals surface area contributed by atoms with Crippen LogP contribution < -0.4 is 5.32 Å². The Bertz CT molecular complexity index is 412. The summed E-state index contributed by atoms with van der Waals surface area (Å²) in [7, 11) is 3.07. The number of hydrogen-bond donors (Lipinski definition) is 1. The summed E-state index contributed by atoms with van der Waals surface area (Å²) in [4.78, 5) is 29.6. The second-order valence-corrected chi connectivity index (χ2v) is 5.39. The van der Waals surface area contributed by atoms with Gasteiger partial charge in [-0.2, -0.15) is 0 Å². The molecule has 126 valence electrons. The van der Waals surface area contributed by atoms with Crippen molar-refractivity contribution in [3.63, 3.8) is 0 Å². The Morgan fingerprint density at radius 1 is 1.45 bits per heavy atom. The third-order valence-electron chi connectivity index (χ3n) is 3.72. The summed E-state index contributed by atoms with van der Waals surface area (Å²) in [5, 5.41) is 3.17. The van der Waals surface area contributed by atoms with Crippen LogP contribution in [0.1, 0.15) is 26.7 Å². The summed E-state index contributed by atoms with van der Waals surface area (Å²) in [6, 6.07) is 0. The van der Waals surface area contributed by atoms with E-state index >= 15 is 0 Å². The molecule has 7 nitrogen and oxygen atoms in total. The minimum Gasteiger partial charge on any atom is -0.469 e. The molecule has 0 saturated carbocycles. The molecule has 1 aliphatic rings. The van der Waals surface area contributed by atoms with Gasteiger partial charge in [0.25, 0.3) is 0 Å². The Morgan fingerprint density at radius 2 is 2.18 bits per heavy atom. The van der Waals surface area contributed by atoms with E-state index in [-0.39, 0.29) is 23.8 Å². The van der Waals surface area contributed by atoms with Gasteiger partial charge in [-0.05, 0) is 19.8 Å². The first-order chi connectivity index (χ1) is 10.5. The molecule has 2 unspecified atom stereocenters. The maximum absolute atomic E-state index is 11.9. The topological polar surface area (TPSA) is 80.2 Å². The molecule has 0 amide bonds. The van der Waals surface area contributed by atoms with Gasteiger partial charge in [-0.15, -0.1) is 0 Å². The van der Waals surface area contributed by atoms with Crippen LogP contribution in [-0.2, 0) is 19.1 Å². The van der Waals surface area contributed by atoms with E-state index in [0.29, 0.717) is 25.7 Å². The van der Waals surface area contributed by atoms with E-state index in [4.69, 9.17) is 9.47 Å². The van der Waals surface area contributed by atoms with E-state index in [0.717, 1.165) is 19.4 Å². The highest BCUT2D eigenvalue weighted by molar-refractivity contribution is 5.82. The number of nitrogens with one attached hydrogen (secondary N) is 1. The van der Waals surface area contributed by atoms with Crippen molar-refractivity contribution in [1.29, 1.82) is 0 Å². The van der Waals surface area contributed by atoms with Crippen molar-refractivity contribution in [3.05, 3.63) is 0 Å². The molecule has 0 spiro atoms. The largest absolute Gasteiger partial charge is 0.469 e. The van der Waals surface area contributed by atoms with Crippen molar-refractivity contribution in [3.8, 4) is 0 Å². The van der Waals surface area contributed by atoms with Gasteiger partial charge in [0.1, 0.15) is 0 Å². The monoisotopic (exact) mass is 313 g/mol. The number of methoxy groups -OCH3 is 1. The van der Waals surface area contributed by atoms with Crippen LogP contribution in [0.25, 0.3) is 0 Å². The summed E-state index contributed by atoms with van der Waals surface area (Å²) in [5.74, 6) is -0.0843. The molecule has 1 saturated heterocycles. The van der Waals surface area contributed by atoms with E-state index in [1.54, 1.807) is 14.0 Å². The molecule has 0 aromatic heterocycles. The second kappa shape index (κ2) is 9.27. The number of guanidine groups is 1. The Balaban J connectivity index is 2.55. The predicted octanol–water partition coefficient (Wildman–Crippen LogP) is 0.646. The third-order valence-corrected chi connectivity index (χ3v) is 3.72. The van der Waals surface area contributed by atoms with Gasteiger partial charge in [0.15, 0.2) is 5.96 Å². The summed E-state index contributed by atoms with van der Waals surface area (Å²) in [5.41, 5.74) is 0. The fourth-order valence-corrected chi connectivity index (χ4v) is 2.48. The van der Waals surface area contributed by atoms with Crippen LogP contribution in [0.2, 0.25) is 0 Å². The normalized spacial score (nSPS) is 20.3. The standard InChI is InChI=1S/C15H27N3O4/c1-5-22-14(20)12-7-6-8-18(10-12)15(16-3)17-9-11(2)13(19)21-4/h11-12H,5-10H2,1-4H3,(H,16,17). The number of esters is 2. The predicted molar refractivity (Wildman–Crippen MR) is 83.5 cm³/mol. The number of hydrogen-bond acceptors (Lipinski definition) is 5. The second-order valence-electron chi connectivity index (χ2n) is 5.39. The number of rotatable bonds is 5. The Labute approximate surface area is 132 Å². The highest BCUT2D eigenvalue weighted by atomic mass is 16.5. The molecule has 0 radical (unpaired) electrons. The molecule has 2 atom stereocenters. The van der Waals surface area contributed by atoms with Gasteiger partial charge in [0.05, 0.1) is 25.6 Å². The van der Waals surface area contributed by atoms with Crippen LogP contribution in [0.3, 0.4) is 0 Å². The van der Waals surface area contributed by atoms with Gasteiger partial charge in [-0.25, -0.2) is 0 Å². The van der Waals surface area contributed by atoms with Crippen molar-refractivity contribution in [2.24, 2.45) is 16.8 Å². The van der Waals surface area contributed by atoms with Crippen molar-refractivity contribution in [1.82, 2.24) is 10.2 Å². The number of likely N-dealkylation sites (tertiary alicyclic amines) is 1. The molecule has 0 aromatic rings. The molecule has 0 aromatic carbocycles. The highest BCUT2D eigenvalue weighted by Gasteiger charge is 2.28. The van der Waals surface area contributed by atoms with Crippen LogP contribution in [0, 0.1) is 11.8 Å². The molecule has 1 N–H and O–H groups in total. The van der Waals surface area contributed by atoms with E-state index in [9.17, 15) is 9.59 Å². The number of nitrogens with zero attached hydrogens (tertiary/aromatic N) is 2. The Kier molecular flexibility index (Phi) is 7.70. The first kappa shape index (κ1) is 18.3. The number of carbonyl (C=O) groups excluding carboxylic acids is 2. The Hall–Kier alpha value is -1.79. The van der Waals surface area contributed by atoms with Crippen LogP contribution in [0.4, 0.5) is 0 Å². The average molecular weight is 313 g/mol. The van der Waals surface area contributed by atoms with Crippen molar-refractivity contribution in [2.45, 2.75) is 26.7 Å². The number of carbonyl (C=O) groups is 2. The number of ether oxygens (including phenoxy) is 2. The van der Waals surface area contributed by atoms with Gasteiger partial charge in [-0.3, -0.25) is 14.6 Å². The lowest BCUT2D eigenvalue weighted by molar-refractivity contribution is -0.149. The molecule has 7 heteroatoms. The zero-order valence-electron chi connectivity index (χ0n) is 13.9. The van der Waals surface area contributed by atoms with Crippen molar-refractivity contribution < 1.29 is 19.1 Å². The zero-order chi connectivity index (χ0) is 16.5. The molecular formula is C15H27N3O4. The number of aliphatic imine (C=N–C) groups is 1. The molecule has 1 fully saturated rings. The lowest BCUT2D eigenvalue weighted by Crippen LogP contribution is -2.49. The van der Waals surface area contributed by atoms with E-state index in [1.165, 1.54) is 7.11 Å². The molecular weight excluding hydrogens is 286 g/mol. The molecule has 1 aliphatic heterocycles. The lowest BCUT2D eigenvalue weighted by Gasteiger charge is -2.34. The summed E-state index contributed by atoms with van der Waals surface area (Å²) >= 11 is 0. The maximum atomic E-state index is 11.9. The van der Waals surface area contributed by atoms with Crippen LogP contribution >= 0.6 is 0 Å². The van der Waals surface area contributed by atoms with Crippen LogP contribution in [0.15, 0.2) is 4.99 Å². The third kappa shape index (κ3) is 5.20. The minimum atomic E-state index is -0.258. The van der Waals surface area contributed by atoms with E-state index in [2.05, 4.69) is 10.3 Å². The van der Waals surface area contributed by atoms with Crippen LogP contribution in [-0.4, -0.2) is 63.2 Å². The molecule has 1 heterocycles. The number of piperidine rings is 1. The first-order valence-electron chi connectivity index (χ1n) is 7.73.